The highest BCUT2D eigenvalue weighted by molar-refractivity contribution is 6.01. The van der Waals surface area contributed by atoms with Gasteiger partial charge in [0.05, 0.1) is 10.9 Å². The number of para-hydroxylation sites is 1. The molecule has 110 valence electrons. The fraction of sp³-hybridized carbons (Fsp3) is 0.118. The minimum absolute atomic E-state index is 0.287. The van der Waals surface area contributed by atoms with Gasteiger partial charge < -0.3 is 0 Å². The highest BCUT2D eigenvalue weighted by atomic mass is 16.2. The standard InChI is InChI=1S/C17H15N3O2/c1-11-7-3-4-8-13(11)16(21)19-20-12(2)18-15-10-6-5-9-14(15)17(20)22/h3-10H,1-2H3,(H,19,21). The van der Waals surface area contributed by atoms with E-state index >= 15 is 0 Å². The number of nitrogens with one attached hydrogen (secondary N) is 1. The molecule has 1 N–H and O–H groups in total. The van der Waals surface area contributed by atoms with Gasteiger partial charge in [-0.15, -0.1) is 0 Å². The molecule has 1 aromatic heterocycles. The van der Waals surface area contributed by atoms with Crippen molar-refractivity contribution < 1.29 is 4.79 Å². The molecule has 0 aliphatic rings. The maximum Gasteiger partial charge on any atom is 0.280 e. The summed E-state index contributed by atoms with van der Waals surface area (Å²) in [6, 6.07) is 14.3. The molecule has 0 unspecified atom stereocenters. The fourth-order valence-electron chi connectivity index (χ4n) is 2.36. The van der Waals surface area contributed by atoms with Crippen molar-refractivity contribution in [1.29, 1.82) is 0 Å². The number of aryl methyl sites for hydroxylation is 2. The van der Waals surface area contributed by atoms with Gasteiger partial charge in [0, 0.05) is 5.56 Å². The minimum Gasteiger partial charge on any atom is -0.267 e. The molecular formula is C17H15N3O2. The van der Waals surface area contributed by atoms with Crippen molar-refractivity contribution in [3.63, 3.8) is 0 Å². The summed E-state index contributed by atoms with van der Waals surface area (Å²) in [4.78, 5) is 29.2. The van der Waals surface area contributed by atoms with Gasteiger partial charge in [-0.2, -0.15) is 0 Å². The largest absolute Gasteiger partial charge is 0.280 e. The summed E-state index contributed by atoms with van der Waals surface area (Å²) in [6.07, 6.45) is 0. The molecular weight excluding hydrogens is 278 g/mol. The molecule has 3 aromatic rings. The first-order valence-corrected chi connectivity index (χ1v) is 6.93. The Morgan fingerprint density at radius 3 is 2.50 bits per heavy atom. The number of carbonyl (C=O) groups is 1. The number of carbonyl (C=O) groups excluding carboxylic acids is 1. The fourth-order valence-corrected chi connectivity index (χ4v) is 2.36. The van der Waals surface area contributed by atoms with Gasteiger partial charge in [-0.1, -0.05) is 30.3 Å². The minimum atomic E-state index is -0.333. The Balaban J connectivity index is 2.06. The van der Waals surface area contributed by atoms with Crippen LogP contribution >= 0.6 is 0 Å². The zero-order valence-corrected chi connectivity index (χ0v) is 12.3. The Morgan fingerprint density at radius 1 is 1.05 bits per heavy atom. The molecule has 0 atom stereocenters. The first kappa shape index (κ1) is 14.0. The maximum atomic E-state index is 12.5. The summed E-state index contributed by atoms with van der Waals surface area (Å²) in [5.41, 5.74) is 4.34. The Kier molecular flexibility index (Phi) is 3.47. The predicted molar refractivity (Wildman–Crippen MR) is 85.6 cm³/mol. The molecule has 0 aliphatic carbocycles. The Morgan fingerprint density at radius 2 is 1.73 bits per heavy atom. The van der Waals surface area contributed by atoms with E-state index in [9.17, 15) is 9.59 Å². The van der Waals surface area contributed by atoms with Gasteiger partial charge in [-0.25, -0.2) is 9.66 Å². The van der Waals surface area contributed by atoms with Gasteiger partial charge in [-0.3, -0.25) is 15.0 Å². The van der Waals surface area contributed by atoms with E-state index in [0.717, 1.165) is 5.56 Å². The van der Waals surface area contributed by atoms with Crippen molar-refractivity contribution in [1.82, 2.24) is 9.66 Å². The number of amides is 1. The lowest BCUT2D eigenvalue weighted by atomic mass is 10.1. The number of rotatable bonds is 2. The molecule has 1 heterocycles. The number of nitrogens with zero attached hydrogens (tertiary/aromatic N) is 2. The van der Waals surface area contributed by atoms with Crippen LogP contribution in [0.25, 0.3) is 10.9 Å². The van der Waals surface area contributed by atoms with Gasteiger partial charge in [0.15, 0.2) is 0 Å². The Bertz CT molecular complexity index is 929. The lowest BCUT2D eigenvalue weighted by Crippen LogP contribution is -2.35. The summed E-state index contributed by atoms with van der Waals surface area (Å²) in [5.74, 6) is 0.103. The summed E-state index contributed by atoms with van der Waals surface area (Å²) in [5, 5.41) is 0.471. The van der Waals surface area contributed by atoms with Crippen LogP contribution in [0.3, 0.4) is 0 Å². The van der Waals surface area contributed by atoms with Crippen LogP contribution in [0, 0.1) is 13.8 Å². The van der Waals surface area contributed by atoms with Crippen LogP contribution in [-0.4, -0.2) is 15.6 Å². The smallest absolute Gasteiger partial charge is 0.267 e. The van der Waals surface area contributed by atoms with Crippen LogP contribution in [0.4, 0.5) is 0 Å². The van der Waals surface area contributed by atoms with E-state index in [1.165, 1.54) is 4.68 Å². The molecule has 0 radical (unpaired) electrons. The van der Waals surface area contributed by atoms with E-state index in [2.05, 4.69) is 10.4 Å². The molecule has 0 saturated heterocycles. The molecule has 1 amide bonds. The summed E-state index contributed by atoms with van der Waals surface area (Å²) >= 11 is 0. The van der Waals surface area contributed by atoms with Gasteiger partial charge in [0.2, 0.25) is 0 Å². The zero-order chi connectivity index (χ0) is 15.7. The summed E-state index contributed by atoms with van der Waals surface area (Å²) in [7, 11) is 0. The SMILES string of the molecule is Cc1ccccc1C(=O)Nn1c(C)nc2ccccc2c1=O. The van der Waals surface area contributed by atoms with E-state index in [0.29, 0.717) is 22.3 Å². The van der Waals surface area contributed by atoms with Gasteiger partial charge in [0.25, 0.3) is 11.5 Å². The average Bonchev–Trinajstić information content (AvgIpc) is 2.51. The van der Waals surface area contributed by atoms with Gasteiger partial charge in [0.1, 0.15) is 5.82 Å². The van der Waals surface area contributed by atoms with Crippen LogP contribution < -0.4 is 11.0 Å². The highest BCUT2D eigenvalue weighted by Gasteiger charge is 2.13. The lowest BCUT2D eigenvalue weighted by molar-refractivity contribution is 0.101. The number of hydrogen-bond acceptors (Lipinski definition) is 3. The normalized spacial score (nSPS) is 10.6. The van der Waals surface area contributed by atoms with Crippen molar-refractivity contribution in [3.8, 4) is 0 Å². The molecule has 0 bridgehead atoms. The van der Waals surface area contributed by atoms with Crippen molar-refractivity contribution in [2.75, 3.05) is 5.43 Å². The Labute approximate surface area is 127 Å². The molecule has 0 spiro atoms. The van der Waals surface area contributed by atoms with E-state index in [4.69, 9.17) is 0 Å². The second kappa shape index (κ2) is 5.44. The van der Waals surface area contributed by atoms with Crippen LogP contribution in [0.5, 0.6) is 0 Å². The van der Waals surface area contributed by atoms with Crippen molar-refractivity contribution >= 4 is 16.8 Å². The number of benzene rings is 2. The van der Waals surface area contributed by atoms with Crippen molar-refractivity contribution in [2.45, 2.75) is 13.8 Å². The van der Waals surface area contributed by atoms with E-state index in [-0.39, 0.29) is 11.5 Å². The second-order valence-electron chi connectivity index (χ2n) is 5.07. The maximum absolute atomic E-state index is 12.5. The molecule has 0 saturated carbocycles. The second-order valence-corrected chi connectivity index (χ2v) is 5.07. The average molecular weight is 293 g/mol. The molecule has 5 nitrogen and oxygen atoms in total. The molecule has 0 fully saturated rings. The molecule has 5 heteroatoms. The third kappa shape index (κ3) is 2.37. The number of fused-ring (bicyclic) bond motifs is 1. The third-order valence-corrected chi connectivity index (χ3v) is 3.55. The zero-order valence-electron chi connectivity index (χ0n) is 12.3. The molecule has 22 heavy (non-hydrogen) atoms. The quantitative estimate of drug-likeness (QED) is 0.789. The van der Waals surface area contributed by atoms with Crippen LogP contribution in [-0.2, 0) is 0 Å². The molecule has 3 rings (SSSR count). The van der Waals surface area contributed by atoms with Gasteiger partial charge in [-0.05, 0) is 37.6 Å². The van der Waals surface area contributed by atoms with E-state index in [1.54, 1.807) is 37.3 Å². The lowest BCUT2D eigenvalue weighted by Gasteiger charge is -2.13. The number of hydrogen-bond donors (Lipinski definition) is 1. The van der Waals surface area contributed by atoms with E-state index in [1.807, 2.05) is 25.1 Å². The first-order valence-electron chi connectivity index (χ1n) is 6.93. The predicted octanol–water partition coefficient (Wildman–Crippen LogP) is 2.40. The molecule has 2 aromatic carbocycles. The summed E-state index contributed by atoms with van der Waals surface area (Å²) in [6.45, 7) is 3.54. The van der Waals surface area contributed by atoms with Gasteiger partial charge >= 0.3 is 0 Å². The van der Waals surface area contributed by atoms with Crippen molar-refractivity contribution in [3.05, 3.63) is 75.8 Å². The van der Waals surface area contributed by atoms with E-state index < -0.39 is 0 Å². The monoisotopic (exact) mass is 293 g/mol. The first-order chi connectivity index (χ1) is 10.6. The van der Waals surface area contributed by atoms with Crippen LogP contribution in [0.15, 0.2) is 53.3 Å². The number of aromatic nitrogens is 2. The summed E-state index contributed by atoms with van der Waals surface area (Å²) < 4.78 is 1.19. The topological polar surface area (TPSA) is 64.0 Å². The molecule has 0 aliphatic heterocycles. The third-order valence-electron chi connectivity index (χ3n) is 3.55. The Hall–Kier alpha value is -2.95. The highest BCUT2D eigenvalue weighted by Crippen LogP contribution is 2.09. The van der Waals surface area contributed by atoms with Crippen LogP contribution in [0.2, 0.25) is 0 Å². The van der Waals surface area contributed by atoms with Crippen molar-refractivity contribution in [2.24, 2.45) is 0 Å². The van der Waals surface area contributed by atoms with Crippen LogP contribution in [0.1, 0.15) is 21.7 Å².